The summed E-state index contributed by atoms with van der Waals surface area (Å²) in [6.45, 7) is 3.59. The highest BCUT2D eigenvalue weighted by Crippen LogP contribution is 2.26. The largest absolute Gasteiger partial charge is 0.348 e. The predicted octanol–water partition coefficient (Wildman–Crippen LogP) is 3.10. The molecule has 1 aromatic carbocycles. The van der Waals surface area contributed by atoms with Crippen molar-refractivity contribution < 1.29 is 9.47 Å². The monoisotopic (exact) mass is 235 g/mol. The molecule has 0 spiro atoms. The Morgan fingerprint density at radius 1 is 1.25 bits per heavy atom. The second-order valence-electron chi connectivity index (χ2n) is 3.90. The summed E-state index contributed by atoms with van der Waals surface area (Å²) in [7, 11) is 0. The average molecular weight is 235 g/mol. The van der Waals surface area contributed by atoms with Crippen molar-refractivity contribution in [1.29, 1.82) is 0 Å². The van der Waals surface area contributed by atoms with Gasteiger partial charge >= 0.3 is 0 Å². The van der Waals surface area contributed by atoms with Gasteiger partial charge in [-0.25, -0.2) is 0 Å². The maximum absolute atomic E-state index is 5.59. The molecule has 0 N–H and O–H groups in total. The summed E-state index contributed by atoms with van der Waals surface area (Å²) in [6, 6.07) is 7.62. The first kappa shape index (κ1) is 11.4. The van der Waals surface area contributed by atoms with Crippen LogP contribution >= 0.6 is 12.2 Å². The molecule has 1 aromatic rings. The summed E-state index contributed by atoms with van der Waals surface area (Å²) in [6.07, 6.45) is -0.248. The van der Waals surface area contributed by atoms with Gasteiger partial charge in [0.15, 0.2) is 6.29 Å². The third-order valence-electron chi connectivity index (χ3n) is 2.40. The molecule has 1 aliphatic heterocycles. The van der Waals surface area contributed by atoms with E-state index in [4.69, 9.17) is 9.47 Å². The molecule has 0 bridgehead atoms. The van der Waals surface area contributed by atoms with Crippen LogP contribution in [0.15, 0.2) is 29.3 Å². The molecule has 0 atom stereocenters. The van der Waals surface area contributed by atoms with E-state index in [1.54, 1.807) is 0 Å². The Morgan fingerprint density at radius 3 is 2.44 bits per heavy atom. The van der Waals surface area contributed by atoms with Crippen LogP contribution in [-0.2, 0) is 9.47 Å². The number of benzene rings is 1. The molecular weight excluding hydrogens is 222 g/mol. The number of ether oxygens (including phenoxy) is 2. The van der Waals surface area contributed by atoms with Gasteiger partial charge in [0.05, 0.1) is 24.1 Å². The van der Waals surface area contributed by atoms with Gasteiger partial charge in [0.1, 0.15) is 0 Å². The minimum atomic E-state index is -0.248. The van der Waals surface area contributed by atoms with Crippen LogP contribution in [0.1, 0.15) is 18.8 Å². The summed E-state index contributed by atoms with van der Waals surface area (Å²) in [5.41, 5.74) is 1.80. The van der Waals surface area contributed by atoms with Crippen molar-refractivity contribution in [2.45, 2.75) is 13.2 Å². The van der Waals surface area contributed by atoms with E-state index < -0.39 is 0 Å². The molecule has 1 heterocycles. The second-order valence-corrected chi connectivity index (χ2v) is 4.08. The summed E-state index contributed by atoms with van der Waals surface area (Å²) >= 11 is 4.54. The maximum atomic E-state index is 5.59. The van der Waals surface area contributed by atoms with E-state index in [1.165, 1.54) is 0 Å². The number of rotatable bonds is 2. The van der Waals surface area contributed by atoms with E-state index in [0.29, 0.717) is 5.92 Å². The fourth-order valence-corrected chi connectivity index (χ4v) is 1.66. The summed E-state index contributed by atoms with van der Waals surface area (Å²) in [5, 5.41) is 2.33. The highest BCUT2D eigenvalue weighted by Gasteiger charge is 2.20. The quantitative estimate of drug-likeness (QED) is 0.583. The smallest absolute Gasteiger partial charge is 0.183 e. The van der Waals surface area contributed by atoms with Gasteiger partial charge in [-0.3, -0.25) is 0 Å². The van der Waals surface area contributed by atoms with E-state index in [0.717, 1.165) is 24.5 Å². The van der Waals surface area contributed by atoms with Gasteiger partial charge in [0.25, 0.3) is 0 Å². The molecule has 4 heteroatoms. The van der Waals surface area contributed by atoms with Crippen LogP contribution in [-0.4, -0.2) is 18.4 Å². The van der Waals surface area contributed by atoms with Crippen LogP contribution in [0.5, 0.6) is 0 Å². The lowest BCUT2D eigenvalue weighted by Crippen LogP contribution is -2.24. The van der Waals surface area contributed by atoms with Crippen molar-refractivity contribution in [3.63, 3.8) is 0 Å². The first-order chi connectivity index (χ1) is 7.79. The lowest BCUT2D eigenvalue weighted by atomic mass is 10.1. The van der Waals surface area contributed by atoms with E-state index >= 15 is 0 Å². The van der Waals surface area contributed by atoms with E-state index in [9.17, 15) is 0 Å². The fraction of sp³-hybridized carbons (Fsp3) is 0.417. The third kappa shape index (κ3) is 2.74. The topological polar surface area (TPSA) is 30.8 Å². The number of nitrogens with zero attached hydrogens (tertiary/aromatic N) is 1. The van der Waals surface area contributed by atoms with Crippen molar-refractivity contribution in [3.8, 4) is 0 Å². The summed E-state index contributed by atoms with van der Waals surface area (Å²) in [4.78, 5) is 3.89. The summed E-state index contributed by atoms with van der Waals surface area (Å²) in [5.74, 6) is 0.468. The Labute approximate surface area is 100 Å². The van der Waals surface area contributed by atoms with Gasteiger partial charge in [-0.05, 0) is 24.4 Å². The van der Waals surface area contributed by atoms with Crippen LogP contribution in [0, 0.1) is 5.92 Å². The number of aliphatic imine (C=N–C) groups is 1. The van der Waals surface area contributed by atoms with Gasteiger partial charge in [0, 0.05) is 11.5 Å². The number of thiocarbonyl (C=S) groups is 1. The molecule has 0 unspecified atom stereocenters. The molecule has 84 valence electrons. The molecule has 1 fully saturated rings. The van der Waals surface area contributed by atoms with Crippen molar-refractivity contribution in [3.05, 3.63) is 29.8 Å². The standard InChI is InChI=1S/C12H13NO2S/c1-9-6-14-12(15-7-9)10-2-4-11(5-3-10)13-8-16/h2-5,9,12H,6-7H2,1H3. The SMILES string of the molecule is CC1COC(c2ccc(N=C=S)cc2)OC1. The second kappa shape index (κ2) is 5.32. The van der Waals surface area contributed by atoms with E-state index in [1.807, 2.05) is 24.3 Å². The van der Waals surface area contributed by atoms with Crippen LogP contribution in [0.4, 0.5) is 5.69 Å². The van der Waals surface area contributed by atoms with Gasteiger partial charge in [0.2, 0.25) is 0 Å². The van der Waals surface area contributed by atoms with E-state index in [2.05, 4.69) is 29.3 Å². The Bertz CT molecular complexity index is 390. The minimum absolute atomic E-state index is 0.248. The molecule has 16 heavy (non-hydrogen) atoms. The highest BCUT2D eigenvalue weighted by molar-refractivity contribution is 7.78. The van der Waals surface area contributed by atoms with Gasteiger partial charge in [-0.2, -0.15) is 4.99 Å². The molecule has 0 amide bonds. The van der Waals surface area contributed by atoms with Crippen molar-refractivity contribution in [2.75, 3.05) is 13.2 Å². The Morgan fingerprint density at radius 2 is 1.88 bits per heavy atom. The van der Waals surface area contributed by atoms with Crippen LogP contribution < -0.4 is 0 Å². The molecule has 0 aliphatic carbocycles. The third-order valence-corrected chi connectivity index (χ3v) is 2.50. The lowest BCUT2D eigenvalue weighted by Gasteiger charge is -2.27. The number of hydrogen-bond acceptors (Lipinski definition) is 4. The minimum Gasteiger partial charge on any atom is -0.348 e. The molecule has 1 aliphatic rings. The zero-order valence-electron chi connectivity index (χ0n) is 9.05. The van der Waals surface area contributed by atoms with Crippen LogP contribution in [0.3, 0.4) is 0 Å². The highest BCUT2D eigenvalue weighted by atomic mass is 32.1. The Hall–Kier alpha value is -1.06. The zero-order chi connectivity index (χ0) is 11.4. The number of isothiocyanates is 1. The van der Waals surface area contributed by atoms with Crippen molar-refractivity contribution in [1.82, 2.24) is 0 Å². The first-order valence-corrected chi connectivity index (χ1v) is 5.61. The molecule has 2 rings (SSSR count). The molecule has 0 aromatic heterocycles. The van der Waals surface area contributed by atoms with Crippen molar-refractivity contribution >= 4 is 23.1 Å². The first-order valence-electron chi connectivity index (χ1n) is 5.20. The van der Waals surface area contributed by atoms with Crippen LogP contribution in [0.25, 0.3) is 0 Å². The molecule has 0 radical (unpaired) electrons. The van der Waals surface area contributed by atoms with Gasteiger partial charge in [-0.1, -0.05) is 19.1 Å². The Balaban J connectivity index is 2.07. The molecule has 3 nitrogen and oxygen atoms in total. The zero-order valence-corrected chi connectivity index (χ0v) is 9.87. The van der Waals surface area contributed by atoms with Gasteiger partial charge < -0.3 is 9.47 Å². The average Bonchev–Trinajstić information content (AvgIpc) is 2.32. The van der Waals surface area contributed by atoms with E-state index in [-0.39, 0.29) is 6.29 Å². The summed E-state index contributed by atoms with van der Waals surface area (Å²) < 4.78 is 11.2. The molecule has 1 saturated heterocycles. The van der Waals surface area contributed by atoms with Crippen molar-refractivity contribution in [2.24, 2.45) is 10.9 Å². The molecular formula is C12H13NO2S. The lowest BCUT2D eigenvalue weighted by molar-refractivity contribution is -0.202. The fourth-order valence-electron chi connectivity index (χ4n) is 1.55. The molecule has 0 saturated carbocycles. The van der Waals surface area contributed by atoms with Gasteiger partial charge in [-0.15, -0.1) is 0 Å². The predicted molar refractivity (Wildman–Crippen MR) is 64.9 cm³/mol. The Kier molecular flexibility index (Phi) is 3.80. The maximum Gasteiger partial charge on any atom is 0.183 e. The normalized spacial score (nSPS) is 24.8. The van der Waals surface area contributed by atoms with Crippen LogP contribution in [0.2, 0.25) is 0 Å². The number of hydrogen-bond donors (Lipinski definition) is 0.